The van der Waals surface area contributed by atoms with Crippen LogP contribution < -0.4 is 5.32 Å². The van der Waals surface area contributed by atoms with Crippen LogP contribution in [0.4, 0.5) is 0 Å². The highest BCUT2D eigenvalue weighted by Crippen LogP contribution is 1.98. The number of alkyl halides is 2. The van der Waals surface area contributed by atoms with Crippen molar-refractivity contribution in [1.29, 1.82) is 0 Å². The molecule has 3 heteroatoms. The first-order chi connectivity index (χ1) is 3.63. The summed E-state index contributed by atoms with van der Waals surface area (Å²) < 4.78 is 0. The van der Waals surface area contributed by atoms with Gasteiger partial charge in [-0.25, -0.2) is 0 Å². The standard InChI is InChI=1S/C5H11Cl2N/c1-4(2)8-3-5(6)7/h4-5,8H,3H2,1-2H3. The Kier molecular flexibility index (Phi) is 4.72. The van der Waals surface area contributed by atoms with Gasteiger partial charge < -0.3 is 5.32 Å². The van der Waals surface area contributed by atoms with Gasteiger partial charge in [-0.2, -0.15) is 0 Å². The highest BCUT2D eigenvalue weighted by molar-refractivity contribution is 6.44. The summed E-state index contributed by atoms with van der Waals surface area (Å²) in [5.41, 5.74) is 0. The molecule has 0 rings (SSSR count). The molecule has 0 fully saturated rings. The second-order valence-corrected chi connectivity index (χ2v) is 3.23. The van der Waals surface area contributed by atoms with Crippen molar-refractivity contribution in [3.8, 4) is 0 Å². The molecule has 0 bridgehead atoms. The lowest BCUT2D eigenvalue weighted by atomic mass is 10.4. The van der Waals surface area contributed by atoms with Gasteiger partial charge in [0, 0.05) is 12.6 Å². The Labute approximate surface area is 60.4 Å². The van der Waals surface area contributed by atoms with Gasteiger partial charge in [0.2, 0.25) is 0 Å². The van der Waals surface area contributed by atoms with E-state index >= 15 is 0 Å². The van der Waals surface area contributed by atoms with Gasteiger partial charge in [-0.1, -0.05) is 13.8 Å². The lowest BCUT2D eigenvalue weighted by Crippen LogP contribution is -2.27. The van der Waals surface area contributed by atoms with Crippen LogP contribution in [0.15, 0.2) is 0 Å². The summed E-state index contributed by atoms with van der Waals surface area (Å²) in [7, 11) is 0. The maximum absolute atomic E-state index is 5.42. The number of nitrogens with one attached hydrogen (secondary N) is 1. The molecule has 0 spiro atoms. The fourth-order valence-electron chi connectivity index (χ4n) is 0.325. The van der Waals surface area contributed by atoms with E-state index in [-0.39, 0.29) is 4.84 Å². The third kappa shape index (κ3) is 6.54. The molecule has 0 heterocycles. The van der Waals surface area contributed by atoms with Crippen LogP contribution in [0.5, 0.6) is 0 Å². The first-order valence-electron chi connectivity index (χ1n) is 2.64. The van der Waals surface area contributed by atoms with Crippen molar-refractivity contribution in [2.45, 2.75) is 24.7 Å². The van der Waals surface area contributed by atoms with E-state index in [1.54, 1.807) is 0 Å². The Hall–Kier alpha value is 0.540. The van der Waals surface area contributed by atoms with E-state index < -0.39 is 0 Å². The molecular weight excluding hydrogens is 145 g/mol. The van der Waals surface area contributed by atoms with Crippen LogP contribution >= 0.6 is 23.2 Å². The van der Waals surface area contributed by atoms with Crippen LogP contribution in [0.3, 0.4) is 0 Å². The highest BCUT2D eigenvalue weighted by Gasteiger charge is 1.97. The summed E-state index contributed by atoms with van der Waals surface area (Å²) >= 11 is 10.8. The van der Waals surface area contributed by atoms with Crippen LogP contribution in [0.25, 0.3) is 0 Å². The third-order valence-corrected chi connectivity index (χ3v) is 0.989. The molecule has 0 aliphatic heterocycles. The van der Waals surface area contributed by atoms with Crippen molar-refractivity contribution in [3.63, 3.8) is 0 Å². The summed E-state index contributed by atoms with van der Waals surface area (Å²) in [5, 5.41) is 3.08. The van der Waals surface area contributed by atoms with Crippen LogP contribution in [-0.4, -0.2) is 17.4 Å². The van der Waals surface area contributed by atoms with E-state index in [4.69, 9.17) is 23.2 Å². The van der Waals surface area contributed by atoms with Gasteiger partial charge in [0.1, 0.15) is 4.84 Å². The van der Waals surface area contributed by atoms with Crippen LogP contribution in [-0.2, 0) is 0 Å². The maximum atomic E-state index is 5.42. The van der Waals surface area contributed by atoms with E-state index in [1.807, 2.05) is 0 Å². The second-order valence-electron chi connectivity index (χ2n) is 1.95. The SMILES string of the molecule is CC(C)NCC(Cl)Cl. The molecule has 8 heavy (non-hydrogen) atoms. The van der Waals surface area contributed by atoms with Gasteiger partial charge in [0.25, 0.3) is 0 Å². The summed E-state index contributed by atoms with van der Waals surface area (Å²) in [6.07, 6.45) is 0. The average Bonchev–Trinajstić information content (AvgIpc) is 1.61. The first-order valence-corrected chi connectivity index (χ1v) is 3.51. The minimum Gasteiger partial charge on any atom is -0.312 e. The topological polar surface area (TPSA) is 12.0 Å². The molecule has 0 aromatic heterocycles. The van der Waals surface area contributed by atoms with Crippen molar-refractivity contribution < 1.29 is 0 Å². The number of halogens is 2. The van der Waals surface area contributed by atoms with E-state index in [9.17, 15) is 0 Å². The van der Waals surface area contributed by atoms with Gasteiger partial charge in [-0.15, -0.1) is 23.2 Å². The van der Waals surface area contributed by atoms with E-state index in [2.05, 4.69) is 19.2 Å². The monoisotopic (exact) mass is 155 g/mol. The molecule has 1 N–H and O–H groups in total. The minimum absolute atomic E-state index is 0.280. The molecule has 1 nitrogen and oxygen atoms in total. The Morgan fingerprint density at radius 1 is 1.38 bits per heavy atom. The largest absolute Gasteiger partial charge is 0.312 e. The molecule has 0 saturated heterocycles. The highest BCUT2D eigenvalue weighted by atomic mass is 35.5. The Balaban J connectivity index is 2.93. The van der Waals surface area contributed by atoms with Crippen molar-refractivity contribution in [2.75, 3.05) is 6.54 Å². The predicted octanol–water partition coefficient (Wildman–Crippen LogP) is 1.79. The summed E-state index contributed by atoms with van der Waals surface area (Å²) in [4.78, 5) is -0.280. The lowest BCUT2D eigenvalue weighted by Gasteiger charge is -2.06. The van der Waals surface area contributed by atoms with E-state index in [1.165, 1.54) is 0 Å². The Bertz CT molecular complexity index is 46.4. The zero-order valence-electron chi connectivity index (χ0n) is 5.12. The normalized spacial score (nSPS) is 11.2. The summed E-state index contributed by atoms with van der Waals surface area (Å²) in [5.74, 6) is 0. The molecule has 50 valence electrons. The fourth-order valence-corrected chi connectivity index (χ4v) is 0.503. The fraction of sp³-hybridized carbons (Fsp3) is 1.00. The predicted molar refractivity (Wildman–Crippen MR) is 38.6 cm³/mol. The Morgan fingerprint density at radius 3 is 2.00 bits per heavy atom. The van der Waals surface area contributed by atoms with Gasteiger partial charge in [-0.3, -0.25) is 0 Å². The molecule has 0 unspecified atom stereocenters. The van der Waals surface area contributed by atoms with Crippen molar-refractivity contribution >= 4 is 23.2 Å². The lowest BCUT2D eigenvalue weighted by molar-refractivity contribution is 0.606. The number of hydrogen-bond donors (Lipinski definition) is 1. The smallest absolute Gasteiger partial charge is 0.120 e. The van der Waals surface area contributed by atoms with E-state index in [0.29, 0.717) is 12.6 Å². The molecule has 0 aliphatic rings. The third-order valence-electron chi connectivity index (χ3n) is 0.680. The quantitative estimate of drug-likeness (QED) is 0.614. The van der Waals surface area contributed by atoms with Gasteiger partial charge in [0.15, 0.2) is 0 Å². The molecular formula is C5H11Cl2N. The molecule has 0 aliphatic carbocycles. The number of hydrogen-bond acceptors (Lipinski definition) is 1. The van der Waals surface area contributed by atoms with Crippen molar-refractivity contribution in [3.05, 3.63) is 0 Å². The maximum Gasteiger partial charge on any atom is 0.120 e. The molecule has 0 aromatic rings. The number of rotatable bonds is 3. The molecule has 0 radical (unpaired) electrons. The van der Waals surface area contributed by atoms with Gasteiger partial charge >= 0.3 is 0 Å². The van der Waals surface area contributed by atoms with Crippen LogP contribution in [0.2, 0.25) is 0 Å². The molecule has 0 aromatic carbocycles. The first kappa shape index (κ1) is 8.54. The van der Waals surface area contributed by atoms with E-state index in [0.717, 1.165) is 0 Å². The van der Waals surface area contributed by atoms with Crippen molar-refractivity contribution in [2.24, 2.45) is 0 Å². The molecule has 0 atom stereocenters. The Morgan fingerprint density at radius 2 is 1.88 bits per heavy atom. The average molecular weight is 156 g/mol. The van der Waals surface area contributed by atoms with Crippen LogP contribution in [0.1, 0.15) is 13.8 Å². The summed E-state index contributed by atoms with van der Waals surface area (Å²) in [6.45, 7) is 4.77. The zero-order chi connectivity index (χ0) is 6.57. The second kappa shape index (κ2) is 4.42. The minimum atomic E-state index is -0.280. The molecule has 0 amide bonds. The van der Waals surface area contributed by atoms with Crippen LogP contribution in [0, 0.1) is 0 Å². The zero-order valence-corrected chi connectivity index (χ0v) is 6.63. The molecule has 0 saturated carbocycles. The van der Waals surface area contributed by atoms with Gasteiger partial charge in [0.05, 0.1) is 0 Å². The van der Waals surface area contributed by atoms with Gasteiger partial charge in [-0.05, 0) is 0 Å². The summed E-state index contributed by atoms with van der Waals surface area (Å²) in [6, 6.07) is 0.468. The van der Waals surface area contributed by atoms with Crippen molar-refractivity contribution in [1.82, 2.24) is 5.32 Å².